The van der Waals surface area contributed by atoms with Crippen molar-refractivity contribution in [2.45, 2.75) is 12.3 Å². The Kier molecular flexibility index (Phi) is 3.48. The molecule has 1 N–H and O–H groups in total. The number of carbonyl (C=O) groups is 1. The summed E-state index contributed by atoms with van der Waals surface area (Å²) in [6, 6.07) is 18.0. The minimum atomic E-state index is -0.781. The van der Waals surface area contributed by atoms with E-state index >= 15 is 0 Å². The van der Waals surface area contributed by atoms with Crippen molar-refractivity contribution in [2.75, 3.05) is 0 Å². The molecule has 0 aliphatic heterocycles. The van der Waals surface area contributed by atoms with Crippen LogP contribution in [0.25, 0.3) is 10.9 Å². The topological polar surface area (TPSA) is 42.2 Å². The second kappa shape index (κ2) is 5.44. The van der Waals surface area contributed by atoms with Crippen LogP contribution >= 0.6 is 0 Å². The maximum atomic E-state index is 11.3. The van der Waals surface area contributed by atoms with Gasteiger partial charge in [-0.05, 0) is 17.2 Å². The molecule has 0 aliphatic carbocycles. The summed E-state index contributed by atoms with van der Waals surface area (Å²) in [5.41, 5.74) is 3.23. The van der Waals surface area contributed by atoms with Crippen LogP contribution in [0, 0.1) is 0 Å². The minimum Gasteiger partial charge on any atom is -0.481 e. The van der Waals surface area contributed by atoms with Crippen LogP contribution in [0.4, 0.5) is 0 Å². The highest BCUT2D eigenvalue weighted by molar-refractivity contribution is 5.85. The van der Waals surface area contributed by atoms with Gasteiger partial charge in [0.2, 0.25) is 0 Å². The predicted molar refractivity (Wildman–Crippen MR) is 83.5 cm³/mol. The summed E-state index contributed by atoms with van der Waals surface area (Å²) in [5.74, 6) is -0.911. The van der Waals surface area contributed by atoms with Crippen molar-refractivity contribution in [2.24, 2.45) is 7.05 Å². The molecule has 0 bridgehead atoms. The largest absolute Gasteiger partial charge is 0.481 e. The summed E-state index contributed by atoms with van der Waals surface area (Å²) in [7, 11) is 1.99. The second-order valence-electron chi connectivity index (χ2n) is 5.27. The zero-order valence-electron chi connectivity index (χ0n) is 11.9. The lowest BCUT2D eigenvalue weighted by Gasteiger charge is -2.15. The number of aromatic nitrogens is 1. The van der Waals surface area contributed by atoms with Crippen LogP contribution in [0.3, 0.4) is 0 Å². The number of hydrogen-bond donors (Lipinski definition) is 1. The van der Waals surface area contributed by atoms with Gasteiger partial charge < -0.3 is 9.67 Å². The fourth-order valence-electron chi connectivity index (χ4n) is 2.92. The molecule has 21 heavy (non-hydrogen) atoms. The van der Waals surface area contributed by atoms with E-state index in [-0.39, 0.29) is 12.3 Å². The van der Waals surface area contributed by atoms with E-state index in [1.54, 1.807) is 0 Å². The molecule has 106 valence electrons. The smallest absolute Gasteiger partial charge is 0.304 e. The van der Waals surface area contributed by atoms with E-state index in [1.165, 1.54) is 0 Å². The van der Waals surface area contributed by atoms with E-state index in [0.29, 0.717) is 0 Å². The highest BCUT2D eigenvalue weighted by Gasteiger charge is 2.21. The Hall–Kier alpha value is -2.55. The molecule has 3 aromatic rings. The monoisotopic (exact) mass is 279 g/mol. The third kappa shape index (κ3) is 2.55. The van der Waals surface area contributed by atoms with Crippen molar-refractivity contribution < 1.29 is 9.90 Å². The summed E-state index contributed by atoms with van der Waals surface area (Å²) < 4.78 is 2.06. The summed E-state index contributed by atoms with van der Waals surface area (Å²) in [4.78, 5) is 11.3. The molecule has 1 aromatic heterocycles. The van der Waals surface area contributed by atoms with Gasteiger partial charge in [0.1, 0.15) is 0 Å². The highest BCUT2D eigenvalue weighted by Crippen LogP contribution is 2.34. The quantitative estimate of drug-likeness (QED) is 0.789. The molecule has 0 radical (unpaired) electrons. The molecule has 2 aromatic carbocycles. The lowest BCUT2D eigenvalue weighted by Crippen LogP contribution is -2.07. The molecule has 3 nitrogen and oxygen atoms in total. The molecule has 0 amide bonds. The SMILES string of the molecule is Cn1cc([C@H](CC(=O)O)c2ccccc2)c2ccccc21. The van der Waals surface area contributed by atoms with Gasteiger partial charge >= 0.3 is 5.97 Å². The predicted octanol–water partition coefficient (Wildman–Crippen LogP) is 3.78. The van der Waals surface area contributed by atoms with E-state index in [4.69, 9.17) is 0 Å². The van der Waals surface area contributed by atoms with Crippen LogP contribution in [-0.4, -0.2) is 15.6 Å². The van der Waals surface area contributed by atoms with Gasteiger partial charge in [-0.15, -0.1) is 0 Å². The Bertz CT molecular complexity index is 774. The number of fused-ring (bicyclic) bond motifs is 1. The number of hydrogen-bond acceptors (Lipinski definition) is 1. The second-order valence-corrected chi connectivity index (χ2v) is 5.27. The maximum absolute atomic E-state index is 11.3. The van der Waals surface area contributed by atoms with Crippen molar-refractivity contribution in [3.63, 3.8) is 0 Å². The van der Waals surface area contributed by atoms with Crippen LogP contribution in [0.15, 0.2) is 60.8 Å². The Labute approximate surface area is 123 Å². The van der Waals surface area contributed by atoms with Crippen molar-refractivity contribution in [1.29, 1.82) is 0 Å². The minimum absolute atomic E-state index is 0.0953. The molecule has 0 aliphatic rings. The molecule has 1 heterocycles. The number of nitrogens with zero attached hydrogens (tertiary/aromatic N) is 1. The standard InChI is InChI=1S/C18H17NO2/c1-19-12-16(14-9-5-6-10-17(14)19)15(11-18(20)21)13-7-3-2-4-8-13/h2-10,12,15H,11H2,1H3,(H,20,21)/t15-/m1/s1. The number of carboxylic acids is 1. The van der Waals surface area contributed by atoms with Crippen LogP contribution in [0.1, 0.15) is 23.5 Å². The average molecular weight is 279 g/mol. The van der Waals surface area contributed by atoms with Gasteiger partial charge in [0.25, 0.3) is 0 Å². The van der Waals surface area contributed by atoms with Gasteiger partial charge in [0.15, 0.2) is 0 Å². The van der Waals surface area contributed by atoms with E-state index in [9.17, 15) is 9.90 Å². The average Bonchev–Trinajstić information content (AvgIpc) is 2.83. The maximum Gasteiger partial charge on any atom is 0.304 e. The first kappa shape index (κ1) is 13.4. The molecular weight excluding hydrogens is 262 g/mol. The lowest BCUT2D eigenvalue weighted by atomic mass is 9.88. The molecule has 1 atom stereocenters. The number of carboxylic acid groups (broad SMARTS) is 1. The third-order valence-electron chi connectivity index (χ3n) is 3.88. The molecule has 3 rings (SSSR count). The van der Waals surface area contributed by atoms with Crippen molar-refractivity contribution >= 4 is 16.9 Å². The molecule has 3 heteroatoms. The van der Waals surface area contributed by atoms with E-state index in [2.05, 4.69) is 16.7 Å². The zero-order valence-corrected chi connectivity index (χ0v) is 11.9. The summed E-state index contributed by atoms with van der Waals surface area (Å²) in [5, 5.41) is 10.4. The molecular formula is C18H17NO2. The zero-order chi connectivity index (χ0) is 14.8. The summed E-state index contributed by atoms with van der Waals surface area (Å²) >= 11 is 0. The fourth-order valence-corrected chi connectivity index (χ4v) is 2.92. The van der Waals surface area contributed by atoms with Crippen molar-refractivity contribution in [3.05, 3.63) is 71.9 Å². The molecule has 0 fully saturated rings. The van der Waals surface area contributed by atoms with Gasteiger partial charge in [0.05, 0.1) is 6.42 Å². The van der Waals surface area contributed by atoms with Gasteiger partial charge in [0, 0.05) is 30.1 Å². The van der Waals surface area contributed by atoms with Gasteiger partial charge in [-0.1, -0.05) is 48.5 Å². The summed E-state index contributed by atoms with van der Waals surface area (Å²) in [6.45, 7) is 0. The van der Waals surface area contributed by atoms with Crippen molar-refractivity contribution in [1.82, 2.24) is 4.57 Å². The van der Waals surface area contributed by atoms with Crippen LogP contribution in [0.5, 0.6) is 0 Å². The van der Waals surface area contributed by atoms with E-state index < -0.39 is 5.97 Å². The van der Waals surface area contributed by atoms with Gasteiger partial charge in [-0.25, -0.2) is 0 Å². The third-order valence-corrected chi connectivity index (χ3v) is 3.88. The first-order valence-corrected chi connectivity index (χ1v) is 6.97. The van der Waals surface area contributed by atoms with Crippen molar-refractivity contribution in [3.8, 4) is 0 Å². The number of aliphatic carboxylic acids is 1. The Morgan fingerprint density at radius 1 is 1.10 bits per heavy atom. The van der Waals surface area contributed by atoms with E-state index in [0.717, 1.165) is 22.0 Å². The number of aryl methyl sites for hydroxylation is 1. The molecule has 0 saturated heterocycles. The number of para-hydroxylation sites is 1. The Morgan fingerprint density at radius 2 is 1.76 bits per heavy atom. The highest BCUT2D eigenvalue weighted by atomic mass is 16.4. The first-order chi connectivity index (χ1) is 10.2. The van der Waals surface area contributed by atoms with Crippen LogP contribution in [0.2, 0.25) is 0 Å². The Balaban J connectivity index is 2.17. The Morgan fingerprint density at radius 3 is 2.48 bits per heavy atom. The fraction of sp³-hybridized carbons (Fsp3) is 0.167. The first-order valence-electron chi connectivity index (χ1n) is 6.97. The van der Waals surface area contributed by atoms with Crippen LogP contribution in [-0.2, 0) is 11.8 Å². The number of benzene rings is 2. The van der Waals surface area contributed by atoms with Crippen LogP contribution < -0.4 is 0 Å². The van der Waals surface area contributed by atoms with Gasteiger partial charge in [-0.3, -0.25) is 4.79 Å². The normalized spacial score (nSPS) is 12.4. The van der Waals surface area contributed by atoms with Gasteiger partial charge in [-0.2, -0.15) is 0 Å². The molecule has 0 unspecified atom stereocenters. The van der Waals surface area contributed by atoms with E-state index in [1.807, 2.05) is 55.7 Å². The summed E-state index contributed by atoms with van der Waals surface area (Å²) in [6.07, 6.45) is 2.14. The number of rotatable bonds is 4. The molecule has 0 saturated carbocycles. The molecule has 0 spiro atoms. The lowest BCUT2D eigenvalue weighted by molar-refractivity contribution is -0.137.